The van der Waals surface area contributed by atoms with Gasteiger partial charge < -0.3 is 20.0 Å². The Hall–Kier alpha value is -2.41. The van der Waals surface area contributed by atoms with E-state index in [1.165, 1.54) is 6.07 Å². The molecule has 150 valence electrons. The number of anilines is 3. The van der Waals surface area contributed by atoms with E-state index in [1.54, 1.807) is 12.1 Å². The number of likely N-dealkylation sites (N-methyl/N-ethyl adjacent to an activating group) is 1. The monoisotopic (exact) mass is 384 g/mol. The van der Waals surface area contributed by atoms with Gasteiger partial charge in [0.2, 0.25) is 5.95 Å². The lowest BCUT2D eigenvalue weighted by Crippen LogP contribution is -2.46. The van der Waals surface area contributed by atoms with Crippen molar-refractivity contribution in [2.45, 2.75) is 25.8 Å². The van der Waals surface area contributed by atoms with Gasteiger partial charge in [0.1, 0.15) is 11.6 Å². The zero-order valence-corrected chi connectivity index (χ0v) is 16.5. The Bertz CT molecular complexity index is 777. The highest BCUT2D eigenvalue weighted by molar-refractivity contribution is 5.48. The van der Waals surface area contributed by atoms with Crippen molar-refractivity contribution < 1.29 is 4.39 Å². The van der Waals surface area contributed by atoms with Crippen molar-refractivity contribution in [2.24, 2.45) is 0 Å². The molecule has 7 heteroatoms. The average Bonchev–Trinajstić information content (AvgIpc) is 2.74. The van der Waals surface area contributed by atoms with Gasteiger partial charge in [0, 0.05) is 57.2 Å². The molecule has 1 atom stereocenters. The molecule has 2 fully saturated rings. The number of halogens is 1. The van der Waals surface area contributed by atoms with Crippen molar-refractivity contribution >= 4 is 17.5 Å². The fourth-order valence-corrected chi connectivity index (χ4v) is 4.07. The first kappa shape index (κ1) is 18.9. The molecule has 0 radical (unpaired) electrons. The van der Waals surface area contributed by atoms with Crippen LogP contribution in [0.1, 0.15) is 19.8 Å². The Morgan fingerprint density at radius 2 is 1.96 bits per heavy atom. The predicted molar refractivity (Wildman–Crippen MR) is 112 cm³/mol. The first-order valence-electron chi connectivity index (χ1n) is 10.3. The van der Waals surface area contributed by atoms with Gasteiger partial charge in [-0.2, -0.15) is 4.98 Å². The van der Waals surface area contributed by atoms with E-state index in [0.29, 0.717) is 5.95 Å². The van der Waals surface area contributed by atoms with Crippen LogP contribution in [-0.2, 0) is 0 Å². The van der Waals surface area contributed by atoms with E-state index >= 15 is 0 Å². The van der Waals surface area contributed by atoms with Gasteiger partial charge in [-0.05, 0) is 43.7 Å². The van der Waals surface area contributed by atoms with Crippen LogP contribution >= 0.6 is 0 Å². The van der Waals surface area contributed by atoms with Gasteiger partial charge >= 0.3 is 0 Å². The number of hydrogen-bond donors (Lipinski definition) is 1. The lowest BCUT2D eigenvalue weighted by atomic mass is 10.1. The highest BCUT2D eigenvalue weighted by Gasteiger charge is 2.22. The van der Waals surface area contributed by atoms with Crippen LogP contribution in [0.4, 0.5) is 21.8 Å². The van der Waals surface area contributed by atoms with Crippen LogP contribution in [0.15, 0.2) is 36.5 Å². The molecular weight excluding hydrogens is 355 g/mol. The molecule has 3 heterocycles. The van der Waals surface area contributed by atoms with Gasteiger partial charge in [-0.3, -0.25) is 0 Å². The fraction of sp³-hybridized carbons (Fsp3) is 0.524. The van der Waals surface area contributed by atoms with E-state index in [0.717, 1.165) is 70.2 Å². The van der Waals surface area contributed by atoms with Crippen LogP contribution in [0.25, 0.3) is 0 Å². The van der Waals surface area contributed by atoms with Crippen molar-refractivity contribution in [1.82, 2.24) is 14.9 Å². The van der Waals surface area contributed by atoms with Gasteiger partial charge in [-0.25, -0.2) is 9.37 Å². The number of hydrogen-bond acceptors (Lipinski definition) is 6. The first-order valence-corrected chi connectivity index (χ1v) is 10.3. The minimum Gasteiger partial charge on any atom is -0.369 e. The highest BCUT2D eigenvalue weighted by Crippen LogP contribution is 2.22. The molecule has 0 bridgehead atoms. The molecule has 0 amide bonds. The van der Waals surface area contributed by atoms with E-state index in [1.807, 2.05) is 18.3 Å². The zero-order chi connectivity index (χ0) is 19.3. The molecule has 2 aromatic rings. The summed E-state index contributed by atoms with van der Waals surface area (Å²) in [4.78, 5) is 16.2. The molecule has 1 unspecified atom stereocenters. The summed E-state index contributed by atoms with van der Waals surface area (Å²) in [5, 5.41) is 3.50. The summed E-state index contributed by atoms with van der Waals surface area (Å²) in [6.07, 6.45) is 3.96. The van der Waals surface area contributed by atoms with Crippen LogP contribution in [0, 0.1) is 5.82 Å². The number of aromatic nitrogens is 2. The molecule has 1 aromatic carbocycles. The first-order chi connectivity index (χ1) is 13.7. The molecule has 0 saturated carbocycles. The molecule has 2 aliphatic rings. The minimum absolute atomic E-state index is 0.188. The van der Waals surface area contributed by atoms with Crippen molar-refractivity contribution in [3.05, 3.63) is 42.3 Å². The Morgan fingerprint density at radius 3 is 2.75 bits per heavy atom. The third-order valence-corrected chi connectivity index (χ3v) is 5.71. The third-order valence-electron chi connectivity index (χ3n) is 5.71. The fourth-order valence-electron chi connectivity index (χ4n) is 4.07. The summed E-state index contributed by atoms with van der Waals surface area (Å²) in [6, 6.07) is 9.08. The summed E-state index contributed by atoms with van der Waals surface area (Å²) in [5.74, 6) is 1.49. The number of piperidine rings is 1. The van der Waals surface area contributed by atoms with Gasteiger partial charge in [0.05, 0.1) is 0 Å². The molecular formula is C21H29FN6. The molecule has 28 heavy (non-hydrogen) atoms. The SMILES string of the molecule is CCN1CCN(c2ccnc(NC3CCCN(c4cccc(F)c4)C3)n2)CC1. The Labute approximate surface area is 166 Å². The highest BCUT2D eigenvalue weighted by atomic mass is 19.1. The van der Waals surface area contributed by atoms with E-state index < -0.39 is 0 Å². The van der Waals surface area contributed by atoms with Gasteiger partial charge in [-0.15, -0.1) is 0 Å². The minimum atomic E-state index is -0.188. The average molecular weight is 385 g/mol. The van der Waals surface area contributed by atoms with Gasteiger partial charge in [0.15, 0.2) is 0 Å². The smallest absolute Gasteiger partial charge is 0.224 e. The number of nitrogens with zero attached hydrogens (tertiary/aromatic N) is 5. The van der Waals surface area contributed by atoms with E-state index in [2.05, 4.69) is 31.9 Å². The second kappa shape index (κ2) is 8.73. The summed E-state index contributed by atoms with van der Waals surface area (Å²) in [7, 11) is 0. The molecule has 0 aliphatic carbocycles. The Morgan fingerprint density at radius 1 is 1.11 bits per heavy atom. The third kappa shape index (κ3) is 4.52. The maximum atomic E-state index is 13.6. The van der Waals surface area contributed by atoms with Crippen LogP contribution in [0.2, 0.25) is 0 Å². The largest absolute Gasteiger partial charge is 0.369 e. The lowest BCUT2D eigenvalue weighted by Gasteiger charge is -2.36. The molecule has 1 aromatic heterocycles. The quantitative estimate of drug-likeness (QED) is 0.855. The molecule has 4 rings (SSSR count). The van der Waals surface area contributed by atoms with E-state index in [-0.39, 0.29) is 11.9 Å². The summed E-state index contributed by atoms with van der Waals surface area (Å²) < 4.78 is 13.6. The topological polar surface area (TPSA) is 47.5 Å². The van der Waals surface area contributed by atoms with E-state index in [9.17, 15) is 4.39 Å². The normalized spacial score (nSPS) is 21.0. The number of piperazine rings is 1. The summed E-state index contributed by atoms with van der Waals surface area (Å²) in [5.41, 5.74) is 0.940. The second-order valence-corrected chi connectivity index (χ2v) is 7.57. The molecule has 0 spiro atoms. The zero-order valence-electron chi connectivity index (χ0n) is 16.5. The van der Waals surface area contributed by atoms with Gasteiger partial charge in [0.25, 0.3) is 0 Å². The Kier molecular flexibility index (Phi) is 5.90. The van der Waals surface area contributed by atoms with Crippen LogP contribution in [0.3, 0.4) is 0 Å². The van der Waals surface area contributed by atoms with Crippen molar-refractivity contribution in [2.75, 3.05) is 60.9 Å². The molecule has 2 saturated heterocycles. The maximum Gasteiger partial charge on any atom is 0.224 e. The van der Waals surface area contributed by atoms with Crippen molar-refractivity contribution in [1.29, 1.82) is 0 Å². The summed E-state index contributed by atoms with van der Waals surface area (Å²) >= 11 is 0. The second-order valence-electron chi connectivity index (χ2n) is 7.57. The van der Waals surface area contributed by atoms with Crippen LogP contribution < -0.4 is 15.1 Å². The number of benzene rings is 1. The van der Waals surface area contributed by atoms with Crippen molar-refractivity contribution in [3.8, 4) is 0 Å². The standard InChI is InChI=1S/C21H29FN6/c1-2-26-11-13-27(14-12-26)20-8-9-23-21(25-20)24-18-6-4-10-28(16-18)19-7-3-5-17(22)15-19/h3,5,7-9,15,18H,2,4,6,10-14,16H2,1H3,(H,23,24,25). The van der Waals surface area contributed by atoms with Gasteiger partial charge in [-0.1, -0.05) is 13.0 Å². The Balaban J connectivity index is 1.39. The molecule has 6 nitrogen and oxygen atoms in total. The van der Waals surface area contributed by atoms with E-state index in [4.69, 9.17) is 4.98 Å². The summed E-state index contributed by atoms with van der Waals surface area (Å²) in [6.45, 7) is 9.25. The van der Waals surface area contributed by atoms with Crippen molar-refractivity contribution in [3.63, 3.8) is 0 Å². The predicted octanol–water partition coefficient (Wildman–Crippen LogP) is 2.84. The van der Waals surface area contributed by atoms with Crippen LogP contribution in [0.5, 0.6) is 0 Å². The molecule has 2 aliphatic heterocycles. The van der Waals surface area contributed by atoms with Crippen LogP contribution in [-0.4, -0.2) is 66.7 Å². The lowest BCUT2D eigenvalue weighted by molar-refractivity contribution is 0.270. The number of nitrogens with one attached hydrogen (secondary N) is 1. The maximum absolute atomic E-state index is 13.6. The number of rotatable bonds is 5. The molecule has 1 N–H and O–H groups in total.